The molecule has 0 bridgehead atoms. The number of rotatable bonds is 6. The Morgan fingerprint density at radius 2 is 2.04 bits per heavy atom. The zero-order valence-electron chi connectivity index (χ0n) is 13.4. The monoisotopic (exact) mass is 322 g/mol. The number of hydrogen-bond acceptors (Lipinski definition) is 2. The van der Waals surface area contributed by atoms with Crippen molar-refractivity contribution in [2.24, 2.45) is 5.92 Å². The van der Waals surface area contributed by atoms with Crippen LogP contribution in [-0.4, -0.2) is 29.9 Å². The molecule has 1 aliphatic heterocycles. The summed E-state index contributed by atoms with van der Waals surface area (Å²) in [6.45, 7) is 2.54. The molecule has 1 aromatic rings. The van der Waals surface area contributed by atoms with Crippen molar-refractivity contribution in [1.82, 2.24) is 10.2 Å². The molecule has 0 spiro atoms. The highest BCUT2D eigenvalue weighted by Crippen LogP contribution is 2.24. The Kier molecular flexibility index (Phi) is 5.26. The molecule has 3 nitrogen and oxygen atoms in total. The third-order valence-corrected chi connectivity index (χ3v) is 4.72. The standard InChI is InChI=1S/C18H24F2N2O/c19-16-7-3-14(10-17(16)20)12-22-9-1-2-13(11-22)4-8-18(23)21-15-5-6-15/h3,7,10,13,15H,1-2,4-6,8-9,11-12H2,(H,21,23)/t13-/m0/s1. The maximum Gasteiger partial charge on any atom is 0.220 e. The van der Waals surface area contributed by atoms with Gasteiger partial charge >= 0.3 is 0 Å². The van der Waals surface area contributed by atoms with E-state index >= 15 is 0 Å². The average molecular weight is 322 g/mol. The van der Waals surface area contributed by atoms with Crippen LogP contribution in [0.1, 0.15) is 44.1 Å². The SMILES string of the molecule is O=C(CC[C@@H]1CCCN(Cc2ccc(F)c(F)c2)C1)NC1CC1. The second-order valence-electron chi connectivity index (χ2n) is 6.87. The van der Waals surface area contributed by atoms with Crippen LogP contribution in [0.5, 0.6) is 0 Å². The van der Waals surface area contributed by atoms with Crippen LogP contribution in [0.25, 0.3) is 0 Å². The number of benzene rings is 1. The Hall–Kier alpha value is -1.49. The van der Waals surface area contributed by atoms with E-state index < -0.39 is 11.6 Å². The number of carbonyl (C=O) groups is 1. The molecule has 0 aromatic heterocycles. The van der Waals surface area contributed by atoms with Crippen LogP contribution in [0.4, 0.5) is 8.78 Å². The van der Waals surface area contributed by atoms with Crippen molar-refractivity contribution in [2.75, 3.05) is 13.1 Å². The van der Waals surface area contributed by atoms with E-state index in [-0.39, 0.29) is 5.91 Å². The van der Waals surface area contributed by atoms with Crippen LogP contribution >= 0.6 is 0 Å². The van der Waals surface area contributed by atoms with Gasteiger partial charge in [0.05, 0.1) is 0 Å². The van der Waals surface area contributed by atoms with Gasteiger partial charge in [-0.05, 0) is 62.3 Å². The van der Waals surface area contributed by atoms with Gasteiger partial charge in [-0.1, -0.05) is 6.07 Å². The first kappa shape index (κ1) is 16.4. The molecule has 2 fully saturated rings. The lowest BCUT2D eigenvalue weighted by molar-refractivity contribution is -0.121. The fourth-order valence-corrected chi connectivity index (χ4v) is 3.29. The van der Waals surface area contributed by atoms with Gasteiger partial charge in [-0.25, -0.2) is 8.78 Å². The molecule has 126 valence electrons. The highest BCUT2D eigenvalue weighted by atomic mass is 19.2. The summed E-state index contributed by atoms with van der Waals surface area (Å²) in [5.74, 6) is -0.899. The maximum absolute atomic E-state index is 13.3. The molecule has 23 heavy (non-hydrogen) atoms. The van der Waals surface area contributed by atoms with Gasteiger partial charge in [0.1, 0.15) is 0 Å². The van der Waals surface area contributed by atoms with Crippen molar-refractivity contribution < 1.29 is 13.6 Å². The van der Waals surface area contributed by atoms with E-state index in [0.717, 1.165) is 50.8 Å². The quantitative estimate of drug-likeness (QED) is 0.872. The lowest BCUT2D eigenvalue weighted by Crippen LogP contribution is -2.35. The maximum atomic E-state index is 13.3. The summed E-state index contributed by atoms with van der Waals surface area (Å²) in [6, 6.07) is 4.54. The summed E-state index contributed by atoms with van der Waals surface area (Å²) >= 11 is 0. The van der Waals surface area contributed by atoms with Crippen LogP contribution in [0.15, 0.2) is 18.2 Å². The number of nitrogens with zero attached hydrogens (tertiary/aromatic N) is 1. The summed E-state index contributed by atoms with van der Waals surface area (Å²) in [7, 11) is 0. The van der Waals surface area contributed by atoms with E-state index in [9.17, 15) is 13.6 Å². The summed E-state index contributed by atoms with van der Waals surface area (Å²) in [4.78, 5) is 14.1. The van der Waals surface area contributed by atoms with Crippen molar-refractivity contribution in [3.63, 3.8) is 0 Å². The fourth-order valence-electron chi connectivity index (χ4n) is 3.29. The second kappa shape index (κ2) is 7.39. The lowest BCUT2D eigenvalue weighted by atomic mass is 9.93. The van der Waals surface area contributed by atoms with Gasteiger partial charge < -0.3 is 5.32 Å². The molecule has 1 aromatic carbocycles. The number of halogens is 2. The van der Waals surface area contributed by atoms with Crippen LogP contribution in [0, 0.1) is 17.6 Å². The van der Waals surface area contributed by atoms with E-state index in [2.05, 4.69) is 10.2 Å². The highest BCUT2D eigenvalue weighted by molar-refractivity contribution is 5.76. The number of carbonyl (C=O) groups excluding carboxylic acids is 1. The normalized spacial score (nSPS) is 22.1. The van der Waals surface area contributed by atoms with Crippen molar-refractivity contribution in [2.45, 2.75) is 51.1 Å². The molecule has 1 aliphatic carbocycles. The zero-order chi connectivity index (χ0) is 16.2. The molecule has 1 saturated carbocycles. The van der Waals surface area contributed by atoms with Crippen LogP contribution in [-0.2, 0) is 11.3 Å². The minimum absolute atomic E-state index is 0.172. The Labute approximate surface area is 136 Å². The molecule has 3 rings (SSSR count). The molecule has 1 atom stereocenters. The van der Waals surface area contributed by atoms with E-state index in [1.807, 2.05) is 0 Å². The van der Waals surface area contributed by atoms with Crippen molar-refractivity contribution in [3.8, 4) is 0 Å². The topological polar surface area (TPSA) is 32.3 Å². The van der Waals surface area contributed by atoms with Gasteiger partial charge in [-0.2, -0.15) is 0 Å². The second-order valence-corrected chi connectivity index (χ2v) is 6.87. The summed E-state index contributed by atoms with van der Waals surface area (Å²) < 4.78 is 26.3. The minimum Gasteiger partial charge on any atom is -0.353 e. The molecule has 5 heteroatoms. The lowest BCUT2D eigenvalue weighted by Gasteiger charge is -2.32. The molecule has 1 amide bonds. The molecule has 2 aliphatic rings. The predicted molar refractivity (Wildman–Crippen MR) is 84.8 cm³/mol. The van der Waals surface area contributed by atoms with Gasteiger partial charge in [0.15, 0.2) is 11.6 Å². The van der Waals surface area contributed by atoms with Gasteiger partial charge in [-0.15, -0.1) is 0 Å². The van der Waals surface area contributed by atoms with E-state index in [1.54, 1.807) is 6.07 Å². The Morgan fingerprint density at radius 1 is 1.22 bits per heavy atom. The summed E-state index contributed by atoms with van der Waals surface area (Å²) in [5.41, 5.74) is 0.802. The first-order valence-corrected chi connectivity index (χ1v) is 8.56. The van der Waals surface area contributed by atoms with E-state index in [4.69, 9.17) is 0 Å². The van der Waals surface area contributed by atoms with Crippen LogP contribution < -0.4 is 5.32 Å². The number of hydrogen-bond donors (Lipinski definition) is 1. The van der Waals surface area contributed by atoms with Gasteiger partial charge in [0.2, 0.25) is 5.91 Å². The third kappa shape index (κ3) is 4.99. The van der Waals surface area contributed by atoms with Crippen LogP contribution in [0.3, 0.4) is 0 Å². The van der Waals surface area contributed by atoms with Crippen LogP contribution in [0.2, 0.25) is 0 Å². The highest BCUT2D eigenvalue weighted by Gasteiger charge is 2.25. The average Bonchev–Trinajstić information content (AvgIpc) is 3.33. The van der Waals surface area contributed by atoms with E-state index in [0.29, 0.717) is 24.9 Å². The van der Waals surface area contributed by atoms with Crippen molar-refractivity contribution in [1.29, 1.82) is 0 Å². The molecular formula is C18H24F2N2O. The molecule has 0 unspecified atom stereocenters. The number of amides is 1. The molecule has 1 saturated heterocycles. The molecule has 1 N–H and O–H groups in total. The first-order chi connectivity index (χ1) is 11.1. The molecule has 0 radical (unpaired) electrons. The number of likely N-dealkylation sites (tertiary alicyclic amines) is 1. The minimum atomic E-state index is -0.799. The Balaban J connectivity index is 1.45. The van der Waals surface area contributed by atoms with Crippen molar-refractivity contribution in [3.05, 3.63) is 35.4 Å². The summed E-state index contributed by atoms with van der Waals surface area (Å²) in [5, 5.41) is 3.03. The Bertz CT molecular complexity index is 560. The largest absolute Gasteiger partial charge is 0.353 e. The smallest absolute Gasteiger partial charge is 0.220 e. The number of nitrogens with one attached hydrogen (secondary N) is 1. The zero-order valence-corrected chi connectivity index (χ0v) is 13.4. The first-order valence-electron chi connectivity index (χ1n) is 8.56. The summed E-state index contributed by atoms with van der Waals surface area (Å²) in [6.07, 6.45) is 5.99. The third-order valence-electron chi connectivity index (χ3n) is 4.72. The van der Waals surface area contributed by atoms with E-state index in [1.165, 1.54) is 12.1 Å². The number of piperidine rings is 1. The van der Waals surface area contributed by atoms with Crippen molar-refractivity contribution >= 4 is 5.91 Å². The fraction of sp³-hybridized carbons (Fsp3) is 0.611. The van der Waals surface area contributed by atoms with Gasteiger partial charge in [0, 0.05) is 25.6 Å². The predicted octanol–water partition coefficient (Wildman–Crippen LogP) is 3.24. The Morgan fingerprint density at radius 3 is 2.78 bits per heavy atom. The molecule has 1 heterocycles. The molecular weight excluding hydrogens is 298 g/mol. The van der Waals surface area contributed by atoms with Gasteiger partial charge in [0.25, 0.3) is 0 Å². The van der Waals surface area contributed by atoms with Gasteiger partial charge in [-0.3, -0.25) is 9.69 Å².